The number of aryl methyl sites for hydroxylation is 1. The van der Waals surface area contributed by atoms with Gasteiger partial charge in [-0.25, -0.2) is 4.79 Å². The van der Waals surface area contributed by atoms with Crippen LogP contribution < -0.4 is 16.1 Å². The van der Waals surface area contributed by atoms with E-state index in [-0.39, 0.29) is 5.56 Å². The second kappa shape index (κ2) is 7.24. The molecule has 0 saturated carbocycles. The van der Waals surface area contributed by atoms with Crippen molar-refractivity contribution in [3.63, 3.8) is 0 Å². The Morgan fingerprint density at radius 1 is 1.04 bits per heavy atom. The second-order valence-electron chi connectivity index (χ2n) is 7.06. The largest absolute Gasteiger partial charge is 0.379 e. The number of aromatic nitrogens is 4. The number of fused-ring (bicyclic) bond motifs is 1. The maximum absolute atomic E-state index is 12.5. The molecule has 2 aliphatic rings. The van der Waals surface area contributed by atoms with Crippen LogP contribution in [-0.4, -0.2) is 69.9 Å². The molecule has 2 saturated heterocycles. The van der Waals surface area contributed by atoms with Gasteiger partial charge in [-0.15, -0.1) is 0 Å². The Hall–Kier alpha value is -2.13. The standard InChI is InChI=1S/C17H26N6O3/c1-20-14-13(15(24)19-17(20)25)23(8-7-21-9-11-26-12-10-21)16(18-14)22-5-3-2-4-6-22/h2-12H2,1H3,(H,19,24,25). The normalized spacial score (nSPS) is 19.3. The molecule has 0 amide bonds. The summed E-state index contributed by atoms with van der Waals surface area (Å²) >= 11 is 0. The highest BCUT2D eigenvalue weighted by molar-refractivity contribution is 5.74. The van der Waals surface area contributed by atoms with Gasteiger partial charge in [0.25, 0.3) is 5.56 Å². The quantitative estimate of drug-likeness (QED) is 0.807. The summed E-state index contributed by atoms with van der Waals surface area (Å²) in [5.41, 5.74) is 0.161. The summed E-state index contributed by atoms with van der Waals surface area (Å²) in [6.45, 7) is 6.68. The van der Waals surface area contributed by atoms with Crippen LogP contribution in [0.2, 0.25) is 0 Å². The molecule has 0 unspecified atom stereocenters. The fourth-order valence-corrected chi connectivity index (χ4v) is 3.84. The zero-order valence-corrected chi connectivity index (χ0v) is 15.2. The van der Waals surface area contributed by atoms with Crippen molar-refractivity contribution in [3.8, 4) is 0 Å². The van der Waals surface area contributed by atoms with Gasteiger partial charge in [0.15, 0.2) is 11.2 Å². The molecule has 0 aliphatic carbocycles. The molecule has 2 fully saturated rings. The van der Waals surface area contributed by atoms with E-state index in [1.807, 2.05) is 4.57 Å². The molecule has 0 radical (unpaired) electrons. The number of piperidine rings is 1. The first-order chi connectivity index (χ1) is 12.6. The summed E-state index contributed by atoms with van der Waals surface area (Å²) in [7, 11) is 1.65. The lowest BCUT2D eigenvalue weighted by atomic mass is 10.1. The van der Waals surface area contributed by atoms with Crippen molar-refractivity contribution in [2.75, 3.05) is 50.8 Å². The number of ether oxygens (including phenoxy) is 1. The van der Waals surface area contributed by atoms with Gasteiger partial charge < -0.3 is 14.2 Å². The average Bonchev–Trinajstić information content (AvgIpc) is 3.06. The van der Waals surface area contributed by atoms with E-state index >= 15 is 0 Å². The first-order valence-electron chi connectivity index (χ1n) is 9.40. The molecular weight excluding hydrogens is 336 g/mol. The first-order valence-corrected chi connectivity index (χ1v) is 9.40. The van der Waals surface area contributed by atoms with Crippen molar-refractivity contribution in [2.45, 2.75) is 25.8 Å². The molecule has 2 aromatic rings. The molecule has 0 bridgehead atoms. The van der Waals surface area contributed by atoms with Crippen LogP contribution in [0.4, 0.5) is 5.95 Å². The van der Waals surface area contributed by atoms with Gasteiger partial charge in [0.05, 0.1) is 13.2 Å². The van der Waals surface area contributed by atoms with E-state index in [1.165, 1.54) is 11.0 Å². The van der Waals surface area contributed by atoms with Crippen LogP contribution >= 0.6 is 0 Å². The number of H-pyrrole nitrogens is 1. The van der Waals surface area contributed by atoms with Crippen molar-refractivity contribution >= 4 is 17.1 Å². The lowest BCUT2D eigenvalue weighted by Gasteiger charge is -2.30. The summed E-state index contributed by atoms with van der Waals surface area (Å²) in [5.74, 6) is 0.805. The van der Waals surface area contributed by atoms with Crippen LogP contribution in [0.15, 0.2) is 9.59 Å². The first kappa shape index (κ1) is 17.3. The molecule has 2 aliphatic heterocycles. The van der Waals surface area contributed by atoms with E-state index in [4.69, 9.17) is 9.72 Å². The van der Waals surface area contributed by atoms with Crippen molar-refractivity contribution in [3.05, 3.63) is 20.8 Å². The van der Waals surface area contributed by atoms with Crippen molar-refractivity contribution < 1.29 is 4.74 Å². The molecular formula is C17H26N6O3. The third-order valence-electron chi connectivity index (χ3n) is 5.37. The predicted molar refractivity (Wildman–Crippen MR) is 98.9 cm³/mol. The third kappa shape index (κ3) is 3.16. The summed E-state index contributed by atoms with van der Waals surface area (Å²) in [6, 6.07) is 0. The number of aromatic amines is 1. The number of imidazole rings is 1. The topological polar surface area (TPSA) is 88.4 Å². The minimum absolute atomic E-state index is 0.360. The Balaban J connectivity index is 1.75. The zero-order valence-electron chi connectivity index (χ0n) is 15.2. The van der Waals surface area contributed by atoms with Gasteiger partial charge in [0.1, 0.15) is 0 Å². The minimum atomic E-state index is -0.425. The number of rotatable bonds is 4. The van der Waals surface area contributed by atoms with Crippen LogP contribution in [0, 0.1) is 0 Å². The Morgan fingerprint density at radius 3 is 2.50 bits per heavy atom. The van der Waals surface area contributed by atoms with Gasteiger partial charge >= 0.3 is 5.69 Å². The number of hydrogen-bond acceptors (Lipinski definition) is 6. The van der Waals surface area contributed by atoms with Gasteiger partial charge in [0.2, 0.25) is 5.95 Å². The molecule has 2 aromatic heterocycles. The lowest BCUT2D eigenvalue weighted by Crippen LogP contribution is -2.39. The van der Waals surface area contributed by atoms with Crippen LogP contribution in [0.25, 0.3) is 11.2 Å². The third-order valence-corrected chi connectivity index (χ3v) is 5.37. The molecule has 9 heteroatoms. The lowest BCUT2D eigenvalue weighted by molar-refractivity contribution is 0.0365. The van der Waals surface area contributed by atoms with Gasteiger partial charge in [-0.2, -0.15) is 4.98 Å². The molecule has 4 rings (SSSR count). The molecule has 1 N–H and O–H groups in total. The van der Waals surface area contributed by atoms with E-state index in [2.05, 4.69) is 14.8 Å². The van der Waals surface area contributed by atoms with E-state index in [0.29, 0.717) is 17.7 Å². The minimum Gasteiger partial charge on any atom is -0.379 e. The van der Waals surface area contributed by atoms with Gasteiger partial charge in [-0.3, -0.25) is 19.2 Å². The highest BCUT2D eigenvalue weighted by Gasteiger charge is 2.23. The summed E-state index contributed by atoms with van der Waals surface area (Å²) in [4.78, 5) is 36.2. The summed E-state index contributed by atoms with van der Waals surface area (Å²) in [5, 5.41) is 0. The van der Waals surface area contributed by atoms with Gasteiger partial charge in [-0.1, -0.05) is 0 Å². The fourth-order valence-electron chi connectivity index (χ4n) is 3.84. The second-order valence-corrected chi connectivity index (χ2v) is 7.06. The molecule has 142 valence electrons. The maximum atomic E-state index is 12.5. The van der Waals surface area contributed by atoms with Crippen LogP contribution in [0.5, 0.6) is 0 Å². The number of anilines is 1. The number of nitrogens with zero attached hydrogens (tertiary/aromatic N) is 5. The van der Waals surface area contributed by atoms with Gasteiger partial charge in [0, 0.05) is 46.3 Å². The van der Waals surface area contributed by atoms with Crippen LogP contribution in [0.3, 0.4) is 0 Å². The van der Waals surface area contributed by atoms with Crippen molar-refractivity contribution in [2.24, 2.45) is 7.05 Å². The highest BCUT2D eigenvalue weighted by Crippen LogP contribution is 2.23. The molecule has 9 nitrogen and oxygen atoms in total. The molecule has 0 aromatic carbocycles. The van der Waals surface area contributed by atoms with E-state index < -0.39 is 5.69 Å². The molecule has 0 spiro atoms. The van der Waals surface area contributed by atoms with E-state index in [0.717, 1.165) is 64.7 Å². The van der Waals surface area contributed by atoms with E-state index in [9.17, 15) is 9.59 Å². The van der Waals surface area contributed by atoms with E-state index in [1.54, 1.807) is 7.05 Å². The smallest absolute Gasteiger partial charge is 0.329 e. The van der Waals surface area contributed by atoms with Crippen molar-refractivity contribution in [1.82, 2.24) is 24.0 Å². The molecule has 26 heavy (non-hydrogen) atoms. The number of nitrogens with one attached hydrogen (secondary N) is 1. The summed E-state index contributed by atoms with van der Waals surface area (Å²) < 4.78 is 8.83. The van der Waals surface area contributed by atoms with Crippen molar-refractivity contribution in [1.29, 1.82) is 0 Å². The number of hydrogen-bond donors (Lipinski definition) is 1. The molecule has 0 atom stereocenters. The Labute approximate surface area is 151 Å². The Morgan fingerprint density at radius 2 is 1.77 bits per heavy atom. The zero-order chi connectivity index (χ0) is 18.1. The maximum Gasteiger partial charge on any atom is 0.329 e. The van der Waals surface area contributed by atoms with Gasteiger partial charge in [-0.05, 0) is 19.3 Å². The summed E-state index contributed by atoms with van der Waals surface area (Å²) in [6.07, 6.45) is 3.48. The Bertz CT molecular complexity index is 886. The Kier molecular flexibility index (Phi) is 4.82. The predicted octanol–water partition coefficient (Wildman–Crippen LogP) is -0.254. The van der Waals surface area contributed by atoms with Crippen LogP contribution in [-0.2, 0) is 18.3 Å². The molecule has 4 heterocycles. The monoisotopic (exact) mass is 362 g/mol. The fraction of sp³-hybridized carbons (Fsp3) is 0.706. The van der Waals surface area contributed by atoms with Crippen LogP contribution in [0.1, 0.15) is 19.3 Å². The SMILES string of the molecule is Cn1c(=O)[nH]c(=O)c2c1nc(N1CCCCC1)n2CCN1CCOCC1. The number of morpholine rings is 1. The average molecular weight is 362 g/mol. The highest BCUT2D eigenvalue weighted by atomic mass is 16.5.